The molecule has 18 heavy (non-hydrogen) atoms. The molecule has 4 heteroatoms. The number of rotatable bonds is 2. The minimum atomic E-state index is 0.618. The molecule has 0 spiro atoms. The van der Waals surface area contributed by atoms with Crippen LogP contribution in [0.15, 0.2) is 18.2 Å². The van der Waals surface area contributed by atoms with Crippen molar-refractivity contribution >= 4 is 17.2 Å². The summed E-state index contributed by atoms with van der Waals surface area (Å²) in [6, 6.07) is 6.07. The number of hydrogen-bond donors (Lipinski definition) is 1. The molecule has 2 N–H and O–H groups in total. The Bertz CT molecular complexity index is 530. The first-order chi connectivity index (χ1) is 8.74. The van der Waals surface area contributed by atoms with Gasteiger partial charge in [-0.25, -0.2) is 4.98 Å². The summed E-state index contributed by atoms with van der Waals surface area (Å²) in [5.74, 6) is 1.63. The number of nitrogens with two attached hydrogens (primary N) is 1. The first-order valence-electron chi connectivity index (χ1n) is 6.44. The van der Waals surface area contributed by atoms with E-state index in [0.717, 1.165) is 27.6 Å². The van der Waals surface area contributed by atoms with Crippen molar-refractivity contribution < 1.29 is 0 Å². The number of benzene rings is 1. The molecule has 3 rings (SSSR count). The van der Waals surface area contributed by atoms with Gasteiger partial charge in [0.25, 0.3) is 0 Å². The van der Waals surface area contributed by atoms with Gasteiger partial charge in [0.1, 0.15) is 10.8 Å². The van der Waals surface area contributed by atoms with Crippen LogP contribution < -0.4 is 5.73 Å². The van der Waals surface area contributed by atoms with Gasteiger partial charge in [0, 0.05) is 17.2 Å². The molecule has 1 aliphatic carbocycles. The maximum Gasteiger partial charge on any atom is 0.146 e. The van der Waals surface area contributed by atoms with Crippen molar-refractivity contribution in [3.8, 4) is 10.6 Å². The normalized spacial score (nSPS) is 13.9. The molecular formula is C14H19N3S. The highest BCUT2D eigenvalue weighted by molar-refractivity contribution is 7.09. The van der Waals surface area contributed by atoms with Crippen molar-refractivity contribution in [2.45, 2.75) is 39.5 Å². The van der Waals surface area contributed by atoms with Gasteiger partial charge in [0.05, 0.1) is 0 Å². The highest BCUT2D eigenvalue weighted by Crippen LogP contribution is 2.39. The average molecular weight is 261 g/mol. The third-order valence-corrected chi connectivity index (χ3v) is 3.69. The van der Waals surface area contributed by atoms with Crippen LogP contribution in [0.1, 0.15) is 44.0 Å². The zero-order valence-electron chi connectivity index (χ0n) is 11.1. The van der Waals surface area contributed by atoms with E-state index in [1.165, 1.54) is 24.4 Å². The lowest BCUT2D eigenvalue weighted by atomic mass is 10.1. The summed E-state index contributed by atoms with van der Waals surface area (Å²) in [6.07, 6.45) is 2.48. The van der Waals surface area contributed by atoms with Gasteiger partial charge in [0.15, 0.2) is 0 Å². The quantitative estimate of drug-likeness (QED) is 0.831. The minimum Gasteiger partial charge on any atom is -0.398 e. The van der Waals surface area contributed by atoms with Gasteiger partial charge in [-0.2, -0.15) is 4.37 Å². The van der Waals surface area contributed by atoms with E-state index in [4.69, 9.17) is 5.73 Å². The van der Waals surface area contributed by atoms with E-state index in [9.17, 15) is 0 Å². The van der Waals surface area contributed by atoms with Crippen molar-refractivity contribution in [3.63, 3.8) is 0 Å². The Hall–Kier alpha value is -1.42. The summed E-state index contributed by atoms with van der Waals surface area (Å²) in [5.41, 5.74) is 8.90. The molecular weight excluding hydrogens is 242 g/mol. The van der Waals surface area contributed by atoms with Gasteiger partial charge in [-0.15, -0.1) is 0 Å². The summed E-state index contributed by atoms with van der Waals surface area (Å²) in [7, 11) is 0. The molecule has 96 valence electrons. The second-order valence-corrected chi connectivity index (χ2v) is 5.06. The smallest absolute Gasteiger partial charge is 0.146 e. The number of hydrogen-bond acceptors (Lipinski definition) is 4. The molecule has 1 aliphatic rings. The van der Waals surface area contributed by atoms with Crippen LogP contribution in [0.2, 0.25) is 0 Å². The largest absolute Gasteiger partial charge is 0.398 e. The topological polar surface area (TPSA) is 51.8 Å². The molecule has 0 bridgehead atoms. The zero-order chi connectivity index (χ0) is 13.1. The van der Waals surface area contributed by atoms with E-state index in [2.05, 4.69) is 15.4 Å². The predicted molar refractivity (Wildman–Crippen MR) is 77.8 cm³/mol. The Kier molecular flexibility index (Phi) is 3.97. The summed E-state index contributed by atoms with van der Waals surface area (Å²) >= 11 is 1.47. The SMILES string of the molecule is CC.Cc1ccc(-c2nc(C3CC3)ns2)cc1N. The van der Waals surface area contributed by atoms with Gasteiger partial charge < -0.3 is 5.73 Å². The lowest BCUT2D eigenvalue weighted by Gasteiger charge is -2.01. The maximum atomic E-state index is 5.89. The Morgan fingerprint density at radius 1 is 1.28 bits per heavy atom. The molecule has 1 saturated carbocycles. The molecule has 2 aromatic rings. The first-order valence-corrected chi connectivity index (χ1v) is 7.21. The second-order valence-electron chi connectivity index (χ2n) is 4.30. The van der Waals surface area contributed by atoms with Gasteiger partial charge in [-0.05, 0) is 42.9 Å². The molecule has 0 aliphatic heterocycles. The van der Waals surface area contributed by atoms with Crippen LogP contribution in [0.4, 0.5) is 5.69 Å². The average Bonchev–Trinajstić information content (AvgIpc) is 3.13. The maximum absolute atomic E-state index is 5.89. The molecule has 1 heterocycles. The zero-order valence-corrected chi connectivity index (χ0v) is 11.9. The summed E-state index contributed by atoms with van der Waals surface area (Å²) in [4.78, 5) is 4.57. The fraction of sp³-hybridized carbons (Fsp3) is 0.429. The second kappa shape index (κ2) is 5.48. The van der Waals surface area contributed by atoms with Crippen LogP contribution in [0, 0.1) is 6.92 Å². The molecule has 3 nitrogen and oxygen atoms in total. The molecule has 0 radical (unpaired) electrons. The number of aryl methyl sites for hydroxylation is 1. The Labute approximate surface area is 112 Å². The molecule has 1 aromatic carbocycles. The van der Waals surface area contributed by atoms with Gasteiger partial charge >= 0.3 is 0 Å². The van der Waals surface area contributed by atoms with Crippen LogP contribution in [-0.4, -0.2) is 9.36 Å². The predicted octanol–water partition coefficient (Wildman–Crippen LogP) is 4.00. The van der Waals surface area contributed by atoms with Crippen LogP contribution in [0.25, 0.3) is 10.6 Å². The van der Waals surface area contributed by atoms with E-state index in [-0.39, 0.29) is 0 Å². The van der Waals surface area contributed by atoms with E-state index in [1.807, 2.05) is 32.9 Å². The van der Waals surface area contributed by atoms with Crippen LogP contribution >= 0.6 is 11.5 Å². The van der Waals surface area contributed by atoms with Gasteiger partial charge in [-0.3, -0.25) is 0 Å². The summed E-state index contributed by atoms with van der Waals surface area (Å²) < 4.78 is 4.40. The fourth-order valence-corrected chi connectivity index (χ4v) is 2.37. The van der Waals surface area contributed by atoms with Crippen LogP contribution in [0.3, 0.4) is 0 Å². The van der Waals surface area contributed by atoms with E-state index in [0.29, 0.717) is 5.92 Å². The van der Waals surface area contributed by atoms with Gasteiger partial charge in [0.2, 0.25) is 0 Å². The van der Waals surface area contributed by atoms with E-state index < -0.39 is 0 Å². The first kappa shape index (κ1) is 13.0. The molecule has 0 unspecified atom stereocenters. The number of nitrogens with zero attached hydrogens (tertiary/aromatic N) is 2. The molecule has 0 atom stereocenters. The van der Waals surface area contributed by atoms with Crippen molar-refractivity contribution in [1.82, 2.24) is 9.36 Å². The molecule has 1 aromatic heterocycles. The molecule has 0 saturated heterocycles. The highest BCUT2D eigenvalue weighted by atomic mass is 32.1. The highest BCUT2D eigenvalue weighted by Gasteiger charge is 2.27. The number of nitrogen functional groups attached to an aromatic ring is 1. The van der Waals surface area contributed by atoms with Crippen molar-refractivity contribution in [3.05, 3.63) is 29.6 Å². The Morgan fingerprint density at radius 3 is 2.61 bits per heavy atom. The van der Waals surface area contributed by atoms with Crippen molar-refractivity contribution in [2.75, 3.05) is 5.73 Å². The standard InChI is InChI=1S/C12H13N3S.C2H6/c1-7-2-3-9(6-10(7)13)12-14-11(15-16-12)8-4-5-8;1-2/h2-3,6,8H,4-5,13H2,1H3;1-2H3. The summed E-state index contributed by atoms with van der Waals surface area (Å²) in [6.45, 7) is 6.01. The lowest BCUT2D eigenvalue weighted by Crippen LogP contribution is -1.89. The van der Waals surface area contributed by atoms with E-state index >= 15 is 0 Å². The monoisotopic (exact) mass is 261 g/mol. The van der Waals surface area contributed by atoms with Crippen molar-refractivity contribution in [1.29, 1.82) is 0 Å². The summed E-state index contributed by atoms with van der Waals surface area (Å²) in [5, 5.41) is 0.980. The molecule has 0 amide bonds. The Balaban J connectivity index is 0.000000574. The van der Waals surface area contributed by atoms with Crippen LogP contribution in [0.5, 0.6) is 0 Å². The number of anilines is 1. The number of aromatic nitrogens is 2. The molecule has 1 fully saturated rings. The third kappa shape index (κ3) is 2.70. The fourth-order valence-electron chi connectivity index (χ4n) is 1.63. The van der Waals surface area contributed by atoms with E-state index in [1.54, 1.807) is 0 Å². The minimum absolute atomic E-state index is 0.618. The lowest BCUT2D eigenvalue weighted by molar-refractivity contribution is 0.987. The van der Waals surface area contributed by atoms with Crippen molar-refractivity contribution in [2.24, 2.45) is 0 Å². The third-order valence-electron chi connectivity index (χ3n) is 2.91. The van der Waals surface area contributed by atoms with Crippen LogP contribution in [-0.2, 0) is 0 Å². The van der Waals surface area contributed by atoms with Gasteiger partial charge in [-0.1, -0.05) is 26.0 Å². The Morgan fingerprint density at radius 2 is 2.00 bits per heavy atom.